The Kier molecular flexibility index (Phi) is 8.86. The van der Waals surface area contributed by atoms with Crippen molar-refractivity contribution < 1.29 is 19.2 Å². The number of aryl methyl sites for hydroxylation is 1. The number of ether oxygens (including phenoxy) is 2. The van der Waals surface area contributed by atoms with Gasteiger partial charge in [-0.05, 0) is 31.9 Å². The first-order valence-electron chi connectivity index (χ1n) is 10.9. The van der Waals surface area contributed by atoms with E-state index in [1.807, 2.05) is 45.0 Å². The predicted molar refractivity (Wildman–Crippen MR) is 130 cm³/mol. The Morgan fingerprint density at radius 1 is 1.12 bits per heavy atom. The summed E-state index contributed by atoms with van der Waals surface area (Å²) in [5.74, 6) is 0.194. The minimum atomic E-state index is -0.556. The van der Waals surface area contributed by atoms with Crippen LogP contribution < -0.4 is 14.8 Å². The molecule has 2 aromatic carbocycles. The van der Waals surface area contributed by atoms with Crippen LogP contribution in [0.15, 0.2) is 47.9 Å². The molecule has 0 fully saturated rings. The molecule has 3 rings (SSSR count). The molecule has 0 atom stereocenters. The zero-order valence-corrected chi connectivity index (χ0v) is 20.1. The van der Waals surface area contributed by atoms with Crippen LogP contribution in [-0.4, -0.2) is 44.6 Å². The second kappa shape index (κ2) is 12.0. The van der Waals surface area contributed by atoms with Crippen molar-refractivity contribution in [3.63, 3.8) is 0 Å². The average Bonchev–Trinajstić information content (AvgIpc) is 3.29. The lowest BCUT2D eigenvalue weighted by atomic mass is 10.2. The van der Waals surface area contributed by atoms with Crippen molar-refractivity contribution in [1.82, 2.24) is 14.8 Å². The molecule has 3 aromatic rings. The maximum absolute atomic E-state index is 12.7. The summed E-state index contributed by atoms with van der Waals surface area (Å²) >= 11 is 1.18. The van der Waals surface area contributed by atoms with Crippen LogP contribution >= 0.6 is 11.8 Å². The van der Waals surface area contributed by atoms with E-state index in [1.165, 1.54) is 23.9 Å². The highest BCUT2D eigenvalue weighted by Crippen LogP contribution is 2.38. The van der Waals surface area contributed by atoms with Crippen LogP contribution in [0.3, 0.4) is 0 Å². The van der Waals surface area contributed by atoms with Gasteiger partial charge in [-0.25, -0.2) is 0 Å². The number of anilines is 1. The average molecular weight is 486 g/mol. The number of thioether (sulfide) groups is 1. The van der Waals surface area contributed by atoms with Gasteiger partial charge in [-0.15, -0.1) is 10.2 Å². The number of amides is 1. The fraction of sp³-hybridized carbons (Fsp3) is 0.348. The lowest BCUT2D eigenvalue weighted by Gasteiger charge is -2.14. The van der Waals surface area contributed by atoms with Crippen molar-refractivity contribution in [2.24, 2.45) is 0 Å². The highest BCUT2D eigenvalue weighted by molar-refractivity contribution is 7.99. The number of hydrogen-bond acceptors (Lipinski definition) is 8. The van der Waals surface area contributed by atoms with Gasteiger partial charge in [0.05, 0.1) is 30.0 Å². The Balaban J connectivity index is 1.75. The molecule has 0 bridgehead atoms. The molecule has 1 amide bonds. The van der Waals surface area contributed by atoms with Crippen LogP contribution in [0.1, 0.15) is 32.3 Å². The van der Waals surface area contributed by atoms with Gasteiger partial charge in [-0.2, -0.15) is 0 Å². The third-order valence-electron chi connectivity index (χ3n) is 4.62. The van der Waals surface area contributed by atoms with Gasteiger partial charge in [0.25, 0.3) is 5.69 Å². The fourth-order valence-electron chi connectivity index (χ4n) is 2.97. The summed E-state index contributed by atoms with van der Waals surface area (Å²) in [7, 11) is 0. The summed E-state index contributed by atoms with van der Waals surface area (Å²) < 4.78 is 13.1. The van der Waals surface area contributed by atoms with Crippen LogP contribution in [0, 0.1) is 17.0 Å². The van der Waals surface area contributed by atoms with Gasteiger partial charge in [-0.3, -0.25) is 19.5 Å². The molecule has 0 aliphatic carbocycles. The van der Waals surface area contributed by atoms with Gasteiger partial charge in [-0.1, -0.05) is 43.3 Å². The van der Waals surface area contributed by atoms with Crippen LogP contribution in [0.25, 0.3) is 5.69 Å². The topological polar surface area (TPSA) is 121 Å². The summed E-state index contributed by atoms with van der Waals surface area (Å²) in [4.78, 5) is 23.8. The monoisotopic (exact) mass is 485 g/mol. The third-order valence-corrected chi connectivity index (χ3v) is 5.56. The molecule has 0 aliphatic heterocycles. The quantitative estimate of drug-likeness (QED) is 0.221. The van der Waals surface area contributed by atoms with E-state index in [-0.39, 0.29) is 22.9 Å². The first-order valence-corrected chi connectivity index (χ1v) is 11.9. The van der Waals surface area contributed by atoms with E-state index in [0.29, 0.717) is 24.1 Å². The second-order valence-electron chi connectivity index (χ2n) is 7.43. The molecule has 10 nitrogen and oxygen atoms in total. The van der Waals surface area contributed by atoms with Gasteiger partial charge >= 0.3 is 0 Å². The summed E-state index contributed by atoms with van der Waals surface area (Å²) in [5, 5.41) is 22.8. The molecule has 1 N–H and O–H groups in total. The van der Waals surface area contributed by atoms with Gasteiger partial charge in [0.15, 0.2) is 16.7 Å². The molecule has 34 heavy (non-hydrogen) atoms. The fourth-order valence-corrected chi connectivity index (χ4v) is 3.70. The van der Waals surface area contributed by atoms with Gasteiger partial charge < -0.3 is 14.8 Å². The van der Waals surface area contributed by atoms with Crippen molar-refractivity contribution in [3.8, 4) is 17.2 Å². The lowest BCUT2D eigenvalue weighted by molar-refractivity contribution is -0.384. The molecule has 0 aliphatic rings. The summed E-state index contributed by atoms with van der Waals surface area (Å²) in [6.45, 7) is 6.69. The molecule has 0 saturated carbocycles. The van der Waals surface area contributed by atoms with E-state index in [0.717, 1.165) is 24.1 Å². The number of carbonyl (C=O) groups is 1. The van der Waals surface area contributed by atoms with E-state index in [2.05, 4.69) is 15.5 Å². The first-order chi connectivity index (χ1) is 16.4. The minimum Gasteiger partial charge on any atom is -0.490 e. The third kappa shape index (κ3) is 6.47. The van der Waals surface area contributed by atoms with Gasteiger partial charge in [0.2, 0.25) is 5.91 Å². The summed E-state index contributed by atoms with van der Waals surface area (Å²) in [6.07, 6.45) is 3.07. The summed E-state index contributed by atoms with van der Waals surface area (Å²) in [6, 6.07) is 10.6. The van der Waals surface area contributed by atoms with Crippen LogP contribution in [0.5, 0.6) is 11.5 Å². The van der Waals surface area contributed by atoms with Crippen molar-refractivity contribution in [2.45, 2.75) is 38.8 Å². The van der Waals surface area contributed by atoms with E-state index in [1.54, 1.807) is 10.9 Å². The Morgan fingerprint density at radius 3 is 2.38 bits per heavy atom. The van der Waals surface area contributed by atoms with Crippen molar-refractivity contribution in [1.29, 1.82) is 0 Å². The van der Waals surface area contributed by atoms with E-state index >= 15 is 0 Å². The molecule has 180 valence electrons. The highest BCUT2D eigenvalue weighted by atomic mass is 32.2. The molecule has 0 unspecified atom stereocenters. The normalized spacial score (nSPS) is 10.7. The number of nitro groups is 1. The summed E-state index contributed by atoms with van der Waals surface area (Å²) in [5.41, 5.74) is 1.77. The SMILES string of the molecule is CCCOc1cc(NC(=O)CSc2nncn2-c2ccc(C)cc2)c([N+](=O)[O-])cc1OCCC. The number of benzene rings is 2. The maximum Gasteiger partial charge on any atom is 0.296 e. The van der Waals surface area contributed by atoms with E-state index in [9.17, 15) is 14.9 Å². The number of nitrogens with one attached hydrogen (secondary N) is 1. The lowest BCUT2D eigenvalue weighted by Crippen LogP contribution is -2.16. The van der Waals surface area contributed by atoms with Crippen molar-refractivity contribution in [3.05, 3.63) is 58.4 Å². The number of nitrogens with zero attached hydrogens (tertiary/aromatic N) is 4. The van der Waals surface area contributed by atoms with E-state index < -0.39 is 10.8 Å². The van der Waals surface area contributed by atoms with Crippen LogP contribution in [-0.2, 0) is 4.79 Å². The van der Waals surface area contributed by atoms with Gasteiger partial charge in [0, 0.05) is 11.8 Å². The van der Waals surface area contributed by atoms with Crippen molar-refractivity contribution >= 4 is 29.0 Å². The molecule has 1 heterocycles. The molecular weight excluding hydrogens is 458 g/mol. The molecule has 0 spiro atoms. The van der Waals surface area contributed by atoms with E-state index in [4.69, 9.17) is 9.47 Å². The second-order valence-corrected chi connectivity index (χ2v) is 8.37. The largest absolute Gasteiger partial charge is 0.490 e. The Bertz CT molecular complexity index is 1130. The maximum atomic E-state index is 12.7. The number of rotatable bonds is 12. The smallest absolute Gasteiger partial charge is 0.296 e. The van der Waals surface area contributed by atoms with Gasteiger partial charge in [0.1, 0.15) is 12.0 Å². The Labute approximate surface area is 201 Å². The molecule has 0 radical (unpaired) electrons. The van der Waals surface area contributed by atoms with Crippen molar-refractivity contribution in [2.75, 3.05) is 24.3 Å². The molecule has 0 saturated heterocycles. The number of hydrogen-bond donors (Lipinski definition) is 1. The zero-order valence-electron chi connectivity index (χ0n) is 19.3. The highest BCUT2D eigenvalue weighted by Gasteiger charge is 2.22. The predicted octanol–water partition coefficient (Wildman–Crippen LogP) is 4.79. The first kappa shape index (κ1) is 25.0. The molecular formula is C23H27N5O5S. The Morgan fingerprint density at radius 2 is 1.76 bits per heavy atom. The molecule has 1 aromatic heterocycles. The number of carbonyl (C=O) groups excluding carboxylic acids is 1. The minimum absolute atomic E-state index is 0.0130. The zero-order chi connectivity index (χ0) is 24.5. The van der Waals surface area contributed by atoms with Crippen LogP contribution in [0.2, 0.25) is 0 Å². The van der Waals surface area contributed by atoms with Crippen LogP contribution in [0.4, 0.5) is 11.4 Å². The number of aromatic nitrogens is 3. The Hall–Kier alpha value is -3.60. The standard InChI is InChI=1S/C23H27N5O5S/c1-4-10-32-20-12-18(19(28(30)31)13-21(20)33-11-5-2)25-22(29)14-34-23-26-24-15-27(23)17-8-6-16(3)7-9-17/h6-9,12-13,15H,4-5,10-11,14H2,1-3H3,(H,25,29). The number of nitro benzene ring substituents is 1. The molecule has 11 heteroatoms.